The molecule has 0 aromatic carbocycles. The van der Waals surface area contributed by atoms with Crippen molar-refractivity contribution < 1.29 is 4.74 Å². The largest absolute Gasteiger partial charge is 0.482 e. The van der Waals surface area contributed by atoms with Gasteiger partial charge in [0.1, 0.15) is 5.75 Å². The average Bonchev–Trinajstić information content (AvgIpc) is 2.14. The summed E-state index contributed by atoms with van der Waals surface area (Å²) >= 11 is 1.39. The van der Waals surface area contributed by atoms with Crippen molar-refractivity contribution in [3.8, 4) is 0 Å². The molecule has 0 saturated heterocycles. The zero-order chi connectivity index (χ0) is 5.11. The molecule has 0 bridgehead atoms. The number of rotatable bonds is 1. The van der Waals surface area contributed by atoms with Crippen molar-refractivity contribution in [1.29, 1.82) is 0 Å². The second kappa shape index (κ2) is 2.12. The Morgan fingerprint density at radius 3 is 3.14 bits per heavy atom. The molecule has 0 fully saturated rings. The van der Waals surface area contributed by atoms with Crippen molar-refractivity contribution in [3.05, 3.63) is 17.7 Å². The van der Waals surface area contributed by atoms with Crippen LogP contribution in [0.3, 0.4) is 0 Å². The van der Waals surface area contributed by atoms with Crippen LogP contribution in [0.4, 0.5) is 0 Å². The van der Waals surface area contributed by atoms with Crippen molar-refractivity contribution in [2.75, 3.05) is 7.11 Å². The van der Waals surface area contributed by atoms with E-state index < -0.39 is 0 Å². The number of hydrogen-bond acceptors (Lipinski definition) is 3. The van der Waals surface area contributed by atoms with E-state index in [9.17, 15) is 0 Å². The Balaban J connectivity index is 2.36. The van der Waals surface area contributed by atoms with Crippen LogP contribution in [-0.2, 0) is 4.74 Å². The molecule has 3 heteroatoms. The number of methoxy groups -OCH3 is 1. The van der Waals surface area contributed by atoms with E-state index in [1.54, 1.807) is 13.2 Å². The van der Waals surface area contributed by atoms with Crippen LogP contribution in [0.15, 0.2) is 12.0 Å². The number of hydrogen-bond donors (Lipinski definition) is 1. The smallest absolute Gasteiger partial charge is 0.193 e. The van der Waals surface area contributed by atoms with Crippen LogP contribution in [0.2, 0.25) is 0 Å². The maximum absolute atomic E-state index is 4.78. The van der Waals surface area contributed by atoms with Gasteiger partial charge in [0.05, 0.1) is 7.11 Å². The van der Waals surface area contributed by atoms with E-state index >= 15 is 0 Å². The lowest BCUT2D eigenvalue weighted by atomic mass is 10.7. The van der Waals surface area contributed by atoms with Gasteiger partial charge in [-0.3, -0.25) is 4.72 Å². The lowest BCUT2D eigenvalue weighted by Gasteiger charge is -1.96. The van der Waals surface area contributed by atoms with Gasteiger partial charge in [-0.25, -0.2) is 0 Å². The summed E-state index contributed by atoms with van der Waals surface area (Å²) in [5.41, 5.74) is 0. The van der Waals surface area contributed by atoms with E-state index in [1.165, 1.54) is 11.9 Å². The van der Waals surface area contributed by atoms with Crippen molar-refractivity contribution in [2.24, 2.45) is 0 Å². The van der Waals surface area contributed by atoms with Crippen molar-refractivity contribution in [1.82, 2.24) is 4.72 Å². The minimum atomic E-state index is 0.769. The fourth-order valence-electron chi connectivity index (χ4n) is 0.293. The van der Waals surface area contributed by atoms with Crippen LogP contribution in [0.25, 0.3) is 0 Å². The summed E-state index contributed by atoms with van der Waals surface area (Å²) in [5.74, 6) is 3.61. The second-order valence-electron chi connectivity index (χ2n) is 1.03. The third-order valence-corrected chi connectivity index (χ3v) is 1.16. The van der Waals surface area contributed by atoms with Gasteiger partial charge in [-0.05, 0) is 18.0 Å². The van der Waals surface area contributed by atoms with Gasteiger partial charge in [0.25, 0.3) is 0 Å². The van der Waals surface area contributed by atoms with Crippen LogP contribution < -0.4 is 4.72 Å². The van der Waals surface area contributed by atoms with Gasteiger partial charge in [-0.2, -0.15) is 0 Å². The Kier molecular flexibility index (Phi) is 1.46. The molecular formula is C4H5NOS. The number of nitrogens with one attached hydrogen (secondary N) is 1. The monoisotopic (exact) mass is 115 g/mol. The highest BCUT2D eigenvalue weighted by atomic mass is 32.2. The molecule has 38 valence electrons. The summed E-state index contributed by atoms with van der Waals surface area (Å²) in [5, 5.41) is 0. The van der Waals surface area contributed by atoms with Gasteiger partial charge >= 0.3 is 0 Å². The van der Waals surface area contributed by atoms with Crippen LogP contribution >= 0.6 is 11.9 Å². The normalized spacial score (nSPS) is 18.1. The lowest BCUT2D eigenvalue weighted by Crippen LogP contribution is -1.97. The second-order valence-corrected chi connectivity index (χ2v) is 1.68. The zero-order valence-corrected chi connectivity index (χ0v) is 4.71. The molecule has 0 saturated carbocycles. The summed E-state index contributed by atoms with van der Waals surface area (Å²) in [6.45, 7) is 0. The van der Waals surface area contributed by atoms with E-state index in [2.05, 4.69) is 10.5 Å². The van der Waals surface area contributed by atoms with Gasteiger partial charge < -0.3 is 4.74 Å². The molecule has 0 amide bonds. The molecule has 1 aliphatic rings. The van der Waals surface area contributed by atoms with Gasteiger partial charge in [0, 0.05) is 0 Å². The summed E-state index contributed by atoms with van der Waals surface area (Å²) in [6, 6.07) is 0. The molecule has 1 rings (SSSR count). The molecule has 2 radical (unpaired) electrons. The third kappa shape index (κ3) is 1.03. The maximum Gasteiger partial charge on any atom is 0.193 e. The predicted octanol–water partition coefficient (Wildman–Crippen LogP) is 0.764. The summed E-state index contributed by atoms with van der Waals surface area (Å²) < 4.78 is 7.63. The predicted molar refractivity (Wildman–Crippen MR) is 29.1 cm³/mol. The van der Waals surface area contributed by atoms with E-state index in [4.69, 9.17) is 4.74 Å². The SMILES string of the molecule is COC1=C[C]SN1. The average molecular weight is 115 g/mol. The van der Waals surface area contributed by atoms with Crippen LogP contribution in [0.1, 0.15) is 0 Å². The first kappa shape index (κ1) is 4.84. The van der Waals surface area contributed by atoms with E-state index in [1.807, 2.05) is 0 Å². The van der Waals surface area contributed by atoms with E-state index in [-0.39, 0.29) is 0 Å². The van der Waals surface area contributed by atoms with Crippen LogP contribution in [-0.4, -0.2) is 7.11 Å². The van der Waals surface area contributed by atoms with Gasteiger partial charge in [-0.15, -0.1) is 0 Å². The van der Waals surface area contributed by atoms with Gasteiger partial charge in [0.15, 0.2) is 5.88 Å². The third-order valence-electron chi connectivity index (χ3n) is 0.620. The molecule has 2 nitrogen and oxygen atoms in total. The highest BCUT2D eigenvalue weighted by Crippen LogP contribution is 2.13. The Labute approximate surface area is 47.1 Å². The van der Waals surface area contributed by atoms with Crippen molar-refractivity contribution in [3.63, 3.8) is 0 Å². The Hall–Kier alpha value is -0.310. The van der Waals surface area contributed by atoms with Gasteiger partial charge in [0.2, 0.25) is 0 Å². The van der Waals surface area contributed by atoms with Crippen molar-refractivity contribution in [2.45, 2.75) is 0 Å². The number of ether oxygens (including phenoxy) is 1. The summed E-state index contributed by atoms with van der Waals surface area (Å²) in [6.07, 6.45) is 1.75. The zero-order valence-electron chi connectivity index (χ0n) is 3.89. The molecule has 7 heavy (non-hydrogen) atoms. The molecule has 0 aliphatic carbocycles. The molecule has 0 unspecified atom stereocenters. The van der Waals surface area contributed by atoms with Crippen LogP contribution in [0.5, 0.6) is 0 Å². The Morgan fingerprint density at radius 2 is 2.86 bits per heavy atom. The molecule has 0 aromatic rings. The minimum absolute atomic E-state index is 0.769. The fraction of sp³-hybridized carbons (Fsp3) is 0.250. The quantitative estimate of drug-likeness (QED) is 0.510. The Morgan fingerprint density at radius 1 is 2.00 bits per heavy atom. The molecule has 0 atom stereocenters. The van der Waals surface area contributed by atoms with Gasteiger partial charge in [-0.1, -0.05) is 0 Å². The molecule has 1 heterocycles. The lowest BCUT2D eigenvalue weighted by molar-refractivity contribution is 0.281. The first-order chi connectivity index (χ1) is 3.43. The van der Waals surface area contributed by atoms with Crippen molar-refractivity contribution >= 4 is 11.9 Å². The Bertz CT molecular complexity index is 91.7. The molecule has 1 N–H and O–H groups in total. The van der Waals surface area contributed by atoms with Crippen LogP contribution in [0, 0.1) is 5.75 Å². The van der Waals surface area contributed by atoms with E-state index in [0.717, 1.165) is 5.88 Å². The minimum Gasteiger partial charge on any atom is -0.482 e. The van der Waals surface area contributed by atoms with E-state index in [0.29, 0.717) is 0 Å². The topological polar surface area (TPSA) is 21.3 Å². The first-order valence-corrected chi connectivity index (χ1v) is 2.66. The summed E-state index contributed by atoms with van der Waals surface area (Å²) in [4.78, 5) is 0. The molecule has 0 spiro atoms. The highest BCUT2D eigenvalue weighted by molar-refractivity contribution is 7.99. The highest BCUT2D eigenvalue weighted by Gasteiger charge is 2.01. The standard InChI is InChI=1S/C4H5NOS/c1-6-4-2-3-7-5-4/h2,5H,1H3. The molecule has 1 aliphatic heterocycles. The first-order valence-electron chi connectivity index (χ1n) is 1.85. The maximum atomic E-state index is 4.78. The molecule has 0 aromatic heterocycles. The fourth-order valence-corrected chi connectivity index (χ4v) is 0.761. The molecular weight excluding hydrogens is 110 g/mol. The summed E-state index contributed by atoms with van der Waals surface area (Å²) in [7, 11) is 1.62.